The Morgan fingerprint density at radius 2 is 2.00 bits per heavy atom. The third-order valence-electron chi connectivity index (χ3n) is 4.44. The number of morpholine rings is 1. The molecule has 2 aliphatic rings. The maximum absolute atomic E-state index is 12.3. The van der Waals surface area contributed by atoms with E-state index in [1.54, 1.807) is 26.0 Å². The van der Waals surface area contributed by atoms with Crippen LogP contribution in [0.3, 0.4) is 0 Å². The maximum Gasteiger partial charge on any atom is 0.233 e. The minimum absolute atomic E-state index is 0.000559. The molecule has 0 aliphatic carbocycles. The highest BCUT2D eigenvalue weighted by atomic mass is 32.2. The van der Waals surface area contributed by atoms with E-state index in [9.17, 15) is 4.79 Å². The molecule has 3 rings (SSSR count). The first-order chi connectivity index (χ1) is 11.7. The zero-order valence-electron chi connectivity index (χ0n) is 14.2. The summed E-state index contributed by atoms with van der Waals surface area (Å²) in [6.45, 7) is 5.03. The van der Waals surface area contributed by atoms with Crippen molar-refractivity contribution in [2.45, 2.75) is 5.37 Å². The van der Waals surface area contributed by atoms with Crippen molar-refractivity contribution >= 4 is 17.7 Å². The third kappa shape index (κ3) is 3.79. The number of benzene rings is 1. The first-order valence-corrected chi connectivity index (χ1v) is 9.21. The molecule has 24 heavy (non-hydrogen) atoms. The molecule has 0 saturated carbocycles. The predicted molar refractivity (Wildman–Crippen MR) is 93.7 cm³/mol. The van der Waals surface area contributed by atoms with Gasteiger partial charge in [0.15, 0.2) is 0 Å². The van der Waals surface area contributed by atoms with Crippen LogP contribution in [0, 0.1) is 0 Å². The molecule has 0 spiro atoms. The van der Waals surface area contributed by atoms with Gasteiger partial charge in [0, 0.05) is 37.8 Å². The second kappa shape index (κ2) is 8.09. The number of thioether (sulfide) groups is 1. The number of carbonyl (C=O) groups is 1. The lowest BCUT2D eigenvalue weighted by atomic mass is 10.1. The van der Waals surface area contributed by atoms with Gasteiger partial charge in [-0.1, -0.05) is 0 Å². The number of ether oxygens (including phenoxy) is 3. The maximum atomic E-state index is 12.3. The van der Waals surface area contributed by atoms with Gasteiger partial charge in [0.05, 0.1) is 33.2 Å². The Kier molecular flexibility index (Phi) is 5.86. The van der Waals surface area contributed by atoms with Crippen LogP contribution in [0.1, 0.15) is 10.9 Å². The SMILES string of the molecule is COc1ccc(C2SCC(=O)N2CCN2CCOCC2)c(OC)c1. The lowest BCUT2D eigenvalue weighted by Crippen LogP contribution is -2.42. The molecule has 1 amide bonds. The Hall–Kier alpha value is -1.44. The Morgan fingerprint density at radius 1 is 1.21 bits per heavy atom. The first-order valence-electron chi connectivity index (χ1n) is 8.16. The number of hydrogen-bond donors (Lipinski definition) is 0. The first kappa shape index (κ1) is 17.4. The quantitative estimate of drug-likeness (QED) is 0.775. The highest BCUT2D eigenvalue weighted by molar-refractivity contribution is 8.00. The zero-order chi connectivity index (χ0) is 16.9. The van der Waals surface area contributed by atoms with Crippen LogP contribution in [0.15, 0.2) is 18.2 Å². The van der Waals surface area contributed by atoms with Crippen molar-refractivity contribution in [3.8, 4) is 11.5 Å². The van der Waals surface area contributed by atoms with E-state index in [0.717, 1.165) is 56.5 Å². The van der Waals surface area contributed by atoms with Gasteiger partial charge in [0.2, 0.25) is 5.91 Å². The summed E-state index contributed by atoms with van der Waals surface area (Å²) in [5, 5.41) is -0.000559. The van der Waals surface area contributed by atoms with Crippen molar-refractivity contribution in [3.63, 3.8) is 0 Å². The molecule has 6 nitrogen and oxygen atoms in total. The normalized spacial score (nSPS) is 22.0. The molecule has 0 bridgehead atoms. The monoisotopic (exact) mass is 352 g/mol. The van der Waals surface area contributed by atoms with Crippen molar-refractivity contribution in [2.24, 2.45) is 0 Å². The fourth-order valence-corrected chi connectivity index (χ4v) is 4.29. The minimum atomic E-state index is -0.000559. The van der Waals surface area contributed by atoms with E-state index in [2.05, 4.69) is 4.90 Å². The average Bonchev–Trinajstić information content (AvgIpc) is 3.00. The molecule has 7 heteroatoms. The lowest BCUT2D eigenvalue weighted by Gasteiger charge is -2.31. The molecule has 1 atom stereocenters. The average molecular weight is 352 g/mol. The molecule has 1 unspecified atom stereocenters. The Labute approximate surface area is 147 Å². The number of rotatable bonds is 6. The smallest absolute Gasteiger partial charge is 0.233 e. The second-order valence-electron chi connectivity index (χ2n) is 5.81. The molecule has 2 saturated heterocycles. The second-order valence-corrected chi connectivity index (χ2v) is 6.88. The molecule has 0 N–H and O–H groups in total. The fourth-order valence-electron chi connectivity index (χ4n) is 3.05. The molecule has 0 radical (unpaired) electrons. The van der Waals surface area contributed by atoms with Crippen molar-refractivity contribution in [1.29, 1.82) is 0 Å². The summed E-state index contributed by atoms with van der Waals surface area (Å²) in [7, 11) is 3.29. The number of amides is 1. The van der Waals surface area contributed by atoms with Gasteiger partial charge in [0.25, 0.3) is 0 Å². The predicted octanol–water partition coefficient (Wildman–Crippen LogP) is 1.61. The van der Waals surface area contributed by atoms with Gasteiger partial charge in [-0.05, 0) is 12.1 Å². The van der Waals surface area contributed by atoms with Crippen LogP contribution in [-0.2, 0) is 9.53 Å². The summed E-state index contributed by atoms with van der Waals surface area (Å²) in [5.41, 5.74) is 1.02. The third-order valence-corrected chi connectivity index (χ3v) is 5.67. The van der Waals surface area contributed by atoms with Crippen LogP contribution in [0.2, 0.25) is 0 Å². The van der Waals surface area contributed by atoms with E-state index in [1.807, 2.05) is 23.1 Å². The van der Waals surface area contributed by atoms with Gasteiger partial charge in [-0.3, -0.25) is 9.69 Å². The summed E-state index contributed by atoms with van der Waals surface area (Å²) in [6.07, 6.45) is 0. The molecular weight excluding hydrogens is 328 g/mol. The Bertz CT molecular complexity index is 578. The van der Waals surface area contributed by atoms with Crippen LogP contribution >= 0.6 is 11.8 Å². The molecular formula is C17H24N2O4S. The molecule has 132 valence electrons. The molecule has 2 fully saturated rings. The highest BCUT2D eigenvalue weighted by Gasteiger charge is 2.34. The van der Waals surface area contributed by atoms with Gasteiger partial charge in [-0.25, -0.2) is 0 Å². The van der Waals surface area contributed by atoms with Gasteiger partial charge in [-0.15, -0.1) is 11.8 Å². The van der Waals surface area contributed by atoms with Gasteiger partial charge in [-0.2, -0.15) is 0 Å². The molecule has 1 aromatic carbocycles. The standard InChI is InChI=1S/C17H24N2O4S/c1-21-13-3-4-14(15(11-13)22-2)17-19(16(20)12-24-17)6-5-18-7-9-23-10-8-18/h3-4,11,17H,5-10,12H2,1-2H3. The minimum Gasteiger partial charge on any atom is -0.497 e. The Balaban J connectivity index is 1.72. The van der Waals surface area contributed by atoms with Crippen molar-refractivity contribution in [2.75, 3.05) is 59.4 Å². The van der Waals surface area contributed by atoms with Crippen molar-refractivity contribution in [1.82, 2.24) is 9.80 Å². The van der Waals surface area contributed by atoms with E-state index in [-0.39, 0.29) is 11.3 Å². The van der Waals surface area contributed by atoms with E-state index in [4.69, 9.17) is 14.2 Å². The molecule has 2 heterocycles. The number of carbonyl (C=O) groups excluding carboxylic acids is 1. The van der Waals surface area contributed by atoms with Crippen molar-refractivity contribution in [3.05, 3.63) is 23.8 Å². The summed E-state index contributed by atoms with van der Waals surface area (Å²) >= 11 is 1.65. The topological polar surface area (TPSA) is 51.2 Å². The van der Waals surface area contributed by atoms with Crippen LogP contribution < -0.4 is 9.47 Å². The Morgan fingerprint density at radius 3 is 2.71 bits per heavy atom. The number of nitrogens with zero attached hydrogens (tertiary/aromatic N) is 2. The van der Waals surface area contributed by atoms with E-state index in [0.29, 0.717) is 5.75 Å². The molecule has 2 aliphatic heterocycles. The number of methoxy groups -OCH3 is 2. The van der Waals surface area contributed by atoms with Crippen LogP contribution in [-0.4, -0.2) is 75.1 Å². The van der Waals surface area contributed by atoms with Gasteiger partial charge < -0.3 is 19.1 Å². The number of hydrogen-bond acceptors (Lipinski definition) is 6. The zero-order valence-corrected chi connectivity index (χ0v) is 15.0. The summed E-state index contributed by atoms with van der Waals surface area (Å²) in [6, 6.07) is 5.79. The van der Waals surface area contributed by atoms with Crippen LogP contribution in [0.25, 0.3) is 0 Å². The van der Waals surface area contributed by atoms with Crippen LogP contribution in [0.4, 0.5) is 0 Å². The summed E-state index contributed by atoms with van der Waals surface area (Å²) < 4.78 is 16.2. The van der Waals surface area contributed by atoms with Gasteiger partial charge >= 0.3 is 0 Å². The molecule has 1 aromatic rings. The lowest BCUT2D eigenvalue weighted by molar-refractivity contribution is -0.128. The largest absolute Gasteiger partial charge is 0.497 e. The summed E-state index contributed by atoms with van der Waals surface area (Å²) in [5.74, 6) is 2.22. The highest BCUT2D eigenvalue weighted by Crippen LogP contribution is 2.43. The fraction of sp³-hybridized carbons (Fsp3) is 0.588. The van der Waals surface area contributed by atoms with Crippen molar-refractivity contribution < 1.29 is 19.0 Å². The van der Waals surface area contributed by atoms with E-state index < -0.39 is 0 Å². The summed E-state index contributed by atoms with van der Waals surface area (Å²) in [4.78, 5) is 16.7. The molecule has 0 aromatic heterocycles. The van der Waals surface area contributed by atoms with Gasteiger partial charge in [0.1, 0.15) is 16.9 Å². The van der Waals surface area contributed by atoms with E-state index >= 15 is 0 Å². The van der Waals surface area contributed by atoms with E-state index in [1.165, 1.54) is 0 Å². The van der Waals surface area contributed by atoms with Crippen LogP contribution in [0.5, 0.6) is 11.5 Å².